The van der Waals surface area contributed by atoms with Crippen molar-refractivity contribution in [1.82, 2.24) is 19.5 Å². The molecular formula is C16H13F3N4O2S. The molecule has 0 aliphatic rings. The fraction of sp³-hybridized carbons (Fsp3) is 0.250. The highest BCUT2D eigenvalue weighted by molar-refractivity contribution is 7.99. The number of aromatic carboxylic acids is 1. The summed E-state index contributed by atoms with van der Waals surface area (Å²) in [5.41, 5.74) is -0.390. The Morgan fingerprint density at radius 2 is 2.04 bits per heavy atom. The molecule has 0 saturated heterocycles. The van der Waals surface area contributed by atoms with Gasteiger partial charge in [-0.1, -0.05) is 6.92 Å². The highest BCUT2D eigenvalue weighted by Gasteiger charge is 2.33. The van der Waals surface area contributed by atoms with E-state index in [4.69, 9.17) is 0 Å². The van der Waals surface area contributed by atoms with Crippen molar-refractivity contribution in [3.63, 3.8) is 0 Å². The monoisotopic (exact) mass is 382 g/mol. The van der Waals surface area contributed by atoms with Crippen molar-refractivity contribution >= 4 is 28.8 Å². The third kappa shape index (κ3) is 3.24. The number of fused-ring (bicyclic) bond motifs is 1. The molecule has 0 aliphatic carbocycles. The molecule has 0 radical (unpaired) electrons. The van der Waals surface area contributed by atoms with Gasteiger partial charge in [0.05, 0.1) is 17.2 Å². The summed E-state index contributed by atoms with van der Waals surface area (Å²) in [6.07, 6.45) is -3.47. The van der Waals surface area contributed by atoms with Gasteiger partial charge < -0.3 is 9.67 Å². The number of imidazole rings is 1. The van der Waals surface area contributed by atoms with E-state index in [1.54, 1.807) is 17.7 Å². The Morgan fingerprint density at radius 1 is 1.31 bits per heavy atom. The first kappa shape index (κ1) is 18.2. The number of aromatic nitrogens is 4. The summed E-state index contributed by atoms with van der Waals surface area (Å²) in [6.45, 7) is 1.92. The quantitative estimate of drug-likeness (QED) is 0.690. The molecule has 3 heterocycles. The van der Waals surface area contributed by atoms with Crippen LogP contribution in [0.2, 0.25) is 0 Å². The van der Waals surface area contributed by atoms with Crippen molar-refractivity contribution in [2.75, 3.05) is 5.75 Å². The van der Waals surface area contributed by atoms with E-state index in [9.17, 15) is 23.1 Å². The Kier molecular flexibility index (Phi) is 4.61. The average molecular weight is 382 g/mol. The largest absolute Gasteiger partial charge is 0.477 e. The molecule has 0 fully saturated rings. The van der Waals surface area contributed by atoms with Gasteiger partial charge >= 0.3 is 12.1 Å². The number of thioether (sulfide) groups is 1. The first-order chi connectivity index (χ1) is 12.2. The summed E-state index contributed by atoms with van der Waals surface area (Å²) in [7, 11) is 1.62. The highest BCUT2D eigenvalue weighted by atomic mass is 32.2. The molecule has 0 saturated carbocycles. The van der Waals surface area contributed by atoms with E-state index in [0.29, 0.717) is 21.9 Å². The molecule has 0 aliphatic heterocycles. The lowest BCUT2D eigenvalue weighted by Crippen LogP contribution is -2.07. The van der Waals surface area contributed by atoms with Crippen molar-refractivity contribution in [2.45, 2.75) is 18.0 Å². The standard InChI is InChI=1S/C16H13F3N4O2S/c1-3-26-11-5-4-8(15(24)25)21-13(11)14-22-9-6-12(16(17,18)19)20-7-10(9)23(14)2/h4-7H,3H2,1-2H3,(H,24,25). The number of carboxylic acids is 1. The maximum atomic E-state index is 12.9. The predicted molar refractivity (Wildman–Crippen MR) is 90.1 cm³/mol. The number of aryl methyl sites for hydroxylation is 1. The Labute approximate surface area is 150 Å². The van der Waals surface area contributed by atoms with Gasteiger partial charge in [-0.05, 0) is 24.0 Å². The number of nitrogens with zero attached hydrogens (tertiary/aromatic N) is 4. The second-order valence-electron chi connectivity index (χ2n) is 5.33. The fourth-order valence-electron chi connectivity index (χ4n) is 2.45. The second-order valence-corrected chi connectivity index (χ2v) is 6.64. The maximum absolute atomic E-state index is 12.9. The Balaban J connectivity index is 2.23. The number of hydrogen-bond acceptors (Lipinski definition) is 5. The number of hydrogen-bond donors (Lipinski definition) is 1. The normalized spacial score (nSPS) is 11.9. The van der Waals surface area contributed by atoms with Crippen LogP contribution >= 0.6 is 11.8 Å². The minimum atomic E-state index is -4.57. The van der Waals surface area contributed by atoms with Crippen LogP contribution in [0.5, 0.6) is 0 Å². The molecule has 10 heteroatoms. The number of rotatable bonds is 4. The Morgan fingerprint density at radius 3 is 2.65 bits per heavy atom. The Hall–Kier alpha value is -2.62. The first-order valence-corrected chi connectivity index (χ1v) is 8.48. The fourth-order valence-corrected chi connectivity index (χ4v) is 3.20. The number of carbonyl (C=O) groups is 1. The van der Waals surface area contributed by atoms with E-state index in [0.717, 1.165) is 12.3 Å². The lowest BCUT2D eigenvalue weighted by atomic mass is 10.3. The third-order valence-electron chi connectivity index (χ3n) is 3.65. The van der Waals surface area contributed by atoms with Crippen LogP contribution in [0.4, 0.5) is 13.2 Å². The van der Waals surface area contributed by atoms with Gasteiger partial charge in [0.15, 0.2) is 5.82 Å². The second kappa shape index (κ2) is 6.60. The first-order valence-electron chi connectivity index (χ1n) is 7.49. The lowest BCUT2D eigenvalue weighted by Gasteiger charge is -2.08. The smallest absolute Gasteiger partial charge is 0.433 e. The highest BCUT2D eigenvalue weighted by Crippen LogP contribution is 2.33. The molecule has 3 aromatic heterocycles. The molecule has 136 valence electrons. The van der Waals surface area contributed by atoms with Crippen molar-refractivity contribution in [3.8, 4) is 11.5 Å². The van der Waals surface area contributed by atoms with E-state index in [-0.39, 0.29) is 17.0 Å². The molecule has 1 N–H and O–H groups in total. The van der Waals surface area contributed by atoms with E-state index >= 15 is 0 Å². The van der Waals surface area contributed by atoms with Crippen LogP contribution in [-0.2, 0) is 13.2 Å². The van der Waals surface area contributed by atoms with Gasteiger partial charge in [-0.2, -0.15) is 13.2 Å². The topological polar surface area (TPSA) is 80.9 Å². The summed E-state index contributed by atoms with van der Waals surface area (Å²) in [5.74, 6) is -0.204. The molecule has 26 heavy (non-hydrogen) atoms. The Bertz CT molecular complexity index is 1000. The van der Waals surface area contributed by atoms with Crippen LogP contribution in [0.1, 0.15) is 23.1 Å². The molecule has 0 amide bonds. The van der Waals surface area contributed by atoms with Crippen LogP contribution in [-0.4, -0.2) is 36.3 Å². The van der Waals surface area contributed by atoms with Crippen LogP contribution in [0.15, 0.2) is 29.3 Å². The van der Waals surface area contributed by atoms with Gasteiger partial charge in [-0.25, -0.2) is 19.7 Å². The summed E-state index contributed by atoms with van der Waals surface area (Å²) in [4.78, 5) is 23.8. The van der Waals surface area contributed by atoms with Crippen molar-refractivity contribution in [3.05, 3.63) is 35.8 Å². The zero-order valence-electron chi connectivity index (χ0n) is 13.7. The molecule has 0 spiro atoms. The number of pyridine rings is 2. The van der Waals surface area contributed by atoms with E-state index in [2.05, 4.69) is 15.0 Å². The van der Waals surface area contributed by atoms with Gasteiger partial charge in [0.2, 0.25) is 0 Å². The van der Waals surface area contributed by atoms with Gasteiger partial charge in [0, 0.05) is 11.9 Å². The van der Waals surface area contributed by atoms with Crippen molar-refractivity contribution in [1.29, 1.82) is 0 Å². The molecule has 0 atom stereocenters. The van der Waals surface area contributed by atoms with Crippen molar-refractivity contribution < 1.29 is 23.1 Å². The molecule has 0 unspecified atom stereocenters. The van der Waals surface area contributed by atoms with Gasteiger partial charge in [0.25, 0.3) is 0 Å². The van der Waals surface area contributed by atoms with Gasteiger partial charge in [-0.15, -0.1) is 11.8 Å². The molecule has 6 nitrogen and oxygen atoms in total. The number of carboxylic acid groups (broad SMARTS) is 1. The molecule has 0 bridgehead atoms. The third-order valence-corrected chi connectivity index (χ3v) is 4.58. The summed E-state index contributed by atoms with van der Waals surface area (Å²) < 4.78 is 40.2. The number of halogens is 3. The maximum Gasteiger partial charge on any atom is 0.433 e. The molecule has 3 rings (SSSR count). The molecule has 3 aromatic rings. The number of alkyl halides is 3. The van der Waals surface area contributed by atoms with Gasteiger partial charge in [0.1, 0.15) is 17.1 Å². The minimum Gasteiger partial charge on any atom is -0.477 e. The zero-order chi connectivity index (χ0) is 19.1. The van der Waals surface area contributed by atoms with E-state index in [1.165, 1.54) is 17.8 Å². The van der Waals surface area contributed by atoms with E-state index < -0.39 is 17.8 Å². The lowest BCUT2D eigenvalue weighted by molar-refractivity contribution is -0.141. The van der Waals surface area contributed by atoms with Crippen LogP contribution in [0.3, 0.4) is 0 Å². The van der Waals surface area contributed by atoms with Crippen LogP contribution in [0, 0.1) is 0 Å². The van der Waals surface area contributed by atoms with Crippen LogP contribution in [0.25, 0.3) is 22.6 Å². The van der Waals surface area contributed by atoms with Crippen molar-refractivity contribution in [2.24, 2.45) is 7.05 Å². The minimum absolute atomic E-state index is 0.111. The van der Waals surface area contributed by atoms with Gasteiger partial charge in [-0.3, -0.25) is 0 Å². The zero-order valence-corrected chi connectivity index (χ0v) is 14.5. The van der Waals surface area contributed by atoms with E-state index in [1.807, 2.05) is 6.92 Å². The molecule has 0 aromatic carbocycles. The summed E-state index contributed by atoms with van der Waals surface area (Å²) in [5, 5.41) is 9.18. The predicted octanol–water partition coefficient (Wildman–Crippen LogP) is 3.86. The van der Waals surface area contributed by atoms with Crippen LogP contribution < -0.4 is 0 Å². The summed E-state index contributed by atoms with van der Waals surface area (Å²) >= 11 is 1.44. The molecular weight excluding hydrogens is 369 g/mol. The average Bonchev–Trinajstić information content (AvgIpc) is 2.91. The SMILES string of the molecule is CCSc1ccc(C(=O)O)nc1-c1nc2cc(C(F)(F)F)ncc2n1C. The summed E-state index contributed by atoms with van der Waals surface area (Å²) in [6, 6.07) is 3.88.